The molecule has 0 aliphatic carbocycles. The van der Waals surface area contributed by atoms with Crippen LogP contribution < -0.4 is 5.32 Å². The maximum atomic E-state index is 10.6. The van der Waals surface area contributed by atoms with E-state index in [2.05, 4.69) is 20.3 Å². The van der Waals surface area contributed by atoms with Gasteiger partial charge >= 0.3 is 5.37 Å². The van der Waals surface area contributed by atoms with Crippen molar-refractivity contribution in [1.82, 2.24) is 15.0 Å². The SMILES string of the molecule is O=C(Cl)Nc1ccc(-c2cnccn2)cn1. The third kappa shape index (κ3) is 2.52. The van der Waals surface area contributed by atoms with Crippen molar-refractivity contribution in [2.24, 2.45) is 0 Å². The molecule has 0 saturated carbocycles. The summed E-state index contributed by atoms with van der Waals surface area (Å²) in [5.74, 6) is 0.396. The lowest BCUT2D eigenvalue weighted by Gasteiger charge is -2.01. The van der Waals surface area contributed by atoms with Gasteiger partial charge in [0.1, 0.15) is 5.82 Å². The van der Waals surface area contributed by atoms with Crippen LogP contribution in [0.1, 0.15) is 0 Å². The van der Waals surface area contributed by atoms with Crippen molar-refractivity contribution in [2.45, 2.75) is 0 Å². The normalized spacial score (nSPS) is 9.81. The first-order valence-corrected chi connectivity index (χ1v) is 4.82. The lowest BCUT2D eigenvalue weighted by atomic mass is 10.2. The summed E-state index contributed by atoms with van der Waals surface area (Å²) in [5, 5.41) is 1.70. The summed E-state index contributed by atoms with van der Waals surface area (Å²) in [6.45, 7) is 0. The van der Waals surface area contributed by atoms with E-state index in [9.17, 15) is 4.79 Å². The fourth-order valence-electron chi connectivity index (χ4n) is 1.17. The van der Waals surface area contributed by atoms with Gasteiger partial charge in [0.25, 0.3) is 0 Å². The van der Waals surface area contributed by atoms with Crippen molar-refractivity contribution in [3.8, 4) is 11.3 Å². The highest BCUT2D eigenvalue weighted by molar-refractivity contribution is 6.65. The third-order valence-electron chi connectivity index (χ3n) is 1.85. The Balaban J connectivity index is 2.23. The fourth-order valence-corrected chi connectivity index (χ4v) is 1.26. The molecule has 0 aliphatic rings. The number of hydrogen-bond donors (Lipinski definition) is 1. The first kappa shape index (κ1) is 10.5. The van der Waals surface area contributed by atoms with Gasteiger partial charge in [-0.3, -0.25) is 20.1 Å². The predicted molar refractivity (Wildman–Crippen MR) is 60.1 cm³/mol. The number of aromatic nitrogens is 3. The lowest BCUT2D eigenvalue weighted by molar-refractivity contribution is 0.269. The van der Waals surface area contributed by atoms with Gasteiger partial charge in [0.05, 0.1) is 11.9 Å². The van der Waals surface area contributed by atoms with Gasteiger partial charge in [-0.25, -0.2) is 4.98 Å². The molecule has 0 spiro atoms. The summed E-state index contributed by atoms with van der Waals surface area (Å²) in [5.41, 5.74) is 1.54. The molecule has 0 aromatic carbocycles. The summed E-state index contributed by atoms with van der Waals surface area (Å²) >= 11 is 5.16. The molecular formula is C10H7ClN4O. The highest BCUT2D eigenvalue weighted by atomic mass is 35.5. The largest absolute Gasteiger partial charge is 0.319 e. The summed E-state index contributed by atoms with van der Waals surface area (Å²) in [6, 6.07) is 3.42. The van der Waals surface area contributed by atoms with Crippen molar-refractivity contribution < 1.29 is 4.79 Å². The fraction of sp³-hybridized carbons (Fsp3) is 0. The zero-order chi connectivity index (χ0) is 11.4. The second kappa shape index (κ2) is 4.67. The van der Waals surface area contributed by atoms with Gasteiger partial charge in [-0.1, -0.05) is 0 Å². The Morgan fingerprint density at radius 2 is 2.06 bits per heavy atom. The van der Waals surface area contributed by atoms with Crippen LogP contribution in [0, 0.1) is 0 Å². The molecule has 80 valence electrons. The summed E-state index contributed by atoms with van der Waals surface area (Å²) < 4.78 is 0. The summed E-state index contributed by atoms with van der Waals surface area (Å²) in [4.78, 5) is 22.6. The number of nitrogens with one attached hydrogen (secondary N) is 1. The number of anilines is 1. The third-order valence-corrected chi connectivity index (χ3v) is 1.94. The van der Waals surface area contributed by atoms with Crippen LogP contribution in [-0.4, -0.2) is 20.3 Å². The molecule has 0 fully saturated rings. The molecule has 2 rings (SSSR count). The molecule has 2 aromatic heterocycles. The standard InChI is InChI=1S/C10H7ClN4O/c11-10(16)15-9-2-1-7(5-14-9)8-6-12-3-4-13-8/h1-6H,(H,14,15,16). The van der Waals surface area contributed by atoms with Gasteiger partial charge in [0.2, 0.25) is 0 Å². The molecule has 5 nitrogen and oxygen atoms in total. The minimum absolute atomic E-state index is 0.396. The molecule has 6 heteroatoms. The van der Waals surface area contributed by atoms with E-state index >= 15 is 0 Å². The van der Waals surface area contributed by atoms with Crippen LogP contribution in [0.25, 0.3) is 11.3 Å². The quantitative estimate of drug-likeness (QED) is 0.640. The van der Waals surface area contributed by atoms with Crippen molar-refractivity contribution in [3.05, 3.63) is 36.9 Å². The van der Waals surface area contributed by atoms with E-state index in [4.69, 9.17) is 11.6 Å². The topological polar surface area (TPSA) is 67.8 Å². The second-order valence-corrected chi connectivity index (χ2v) is 3.26. The number of carbonyl (C=O) groups is 1. The van der Waals surface area contributed by atoms with Crippen molar-refractivity contribution >= 4 is 22.8 Å². The van der Waals surface area contributed by atoms with E-state index in [1.807, 2.05) is 0 Å². The van der Waals surface area contributed by atoms with Gasteiger partial charge in [0.15, 0.2) is 0 Å². The molecule has 0 radical (unpaired) electrons. The number of hydrogen-bond acceptors (Lipinski definition) is 4. The van der Waals surface area contributed by atoms with Crippen LogP contribution in [0.4, 0.5) is 10.6 Å². The molecule has 16 heavy (non-hydrogen) atoms. The van der Waals surface area contributed by atoms with Crippen molar-refractivity contribution in [1.29, 1.82) is 0 Å². The van der Waals surface area contributed by atoms with Crippen LogP contribution in [0.5, 0.6) is 0 Å². The number of carbonyl (C=O) groups excluding carboxylic acids is 1. The minimum atomic E-state index is -0.667. The summed E-state index contributed by atoms with van der Waals surface area (Å²) in [6.07, 6.45) is 6.42. The Bertz CT molecular complexity index is 486. The molecule has 0 atom stereocenters. The zero-order valence-corrected chi connectivity index (χ0v) is 8.85. The van der Waals surface area contributed by atoms with Gasteiger partial charge < -0.3 is 0 Å². The van der Waals surface area contributed by atoms with Crippen molar-refractivity contribution in [2.75, 3.05) is 5.32 Å². The monoisotopic (exact) mass is 234 g/mol. The van der Waals surface area contributed by atoms with E-state index in [0.717, 1.165) is 11.3 Å². The Kier molecular flexibility index (Phi) is 3.07. The molecule has 1 N–H and O–H groups in total. The van der Waals surface area contributed by atoms with Gasteiger partial charge in [-0.15, -0.1) is 0 Å². The predicted octanol–water partition coefficient (Wildman–Crippen LogP) is 2.31. The van der Waals surface area contributed by atoms with E-state index in [1.54, 1.807) is 36.9 Å². The van der Waals surface area contributed by atoms with E-state index in [1.165, 1.54) is 0 Å². The molecule has 1 amide bonds. The zero-order valence-electron chi connectivity index (χ0n) is 8.09. The number of halogens is 1. The molecule has 0 bridgehead atoms. The van der Waals surface area contributed by atoms with E-state index in [0.29, 0.717) is 5.82 Å². The van der Waals surface area contributed by atoms with E-state index in [-0.39, 0.29) is 0 Å². The Labute approximate surface area is 96.5 Å². The van der Waals surface area contributed by atoms with Crippen LogP contribution in [0.15, 0.2) is 36.9 Å². The Morgan fingerprint density at radius 3 is 2.62 bits per heavy atom. The average molecular weight is 235 g/mol. The molecule has 0 unspecified atom stereocenters. The van der Waals surface area contributed by atoms with Gasteiger partial charge in [-0.05, 0) is 23.7 Å². The number of pyridine rings is 1. The molecule has 0 aliphatic heterocycles. The molecule has 0 saturated heterocycles. The molecular weight excluding hydrogens is 228 g/mol. The Morgan fingerprint density at radius 1 is 1.19 bits per heavy atom. The second-order valence-electron chi connectivity index (χ2n) is 2.92. The number of rotatable bonds is 2. The Hall–Kier alpha value is -2.01. The van der Waals surface area contributed by atoms with Gasteiger partial charge in [-0.2, -0.15) is 0 Å². The maximum absolute atomic E-state index is 10.6. The average Bonchev–Trinajstić information content (AvgIpc) is 2.30. The lowest BCUT2D eigenvalue weighted by Crippen LogP contribution is -2.02. The van der Waals surface area contributed by atoms with Crippen LogP contribution in [0.2, 0.25) is 0 Å². The first-order valence-electron chi connectivity index (χ1n) is 4.44. The number of nitrogens with zero attached hydrogens (tertiary/aromatic N) is 3. The highest BCUT2D eigenvalue weighted by Crippen LogP contribution is 2.15. The van der Waals surface area contributed by atoms with Crippen LogP contribution in [-0.2, 0) is 0 Å². The minimum Gasteiger partial charge on any atom is -0.297 e. The highest BCUT2D eigenvalue weighted by Gasteiger charge is 2.01. The molecule has 2 aromatic rings. The molecule has 2 heterocycles. The first-order chi connectivity index (χ1) is 7.75. The van der Waals surface area contributed by atoms with E-state index < -0.39 is 5.37 Å². The van der Waals surface area contributed by atoms with Crippen LogP contribution in [0.3, 0.4) is 0 Å². The smallest absolute Gasteiger partial charge is 0.297 e. The maximum Gasteiger partial charge on any atom is 0.319 e. The van der Waals surface area contributed by atoms with Crippen LogP contribution >= 0.6 is 11.6 Å². The summed E-state index contributed by atoms with van der Waals surface area (Å²) in [7, 11) is 0. The van der Waals surface area contributed by atoms with Gasteiger partial charge in [0, 0.05) is 24.2 Å². The van der Waals surface area contributed by atoms with Crippen molar-refractivity contribution in [3.63, 3.8) is 0 Å². The number of amides is 1.